The number of carbonyl (C=O) groups is 2. The van der Waals surface area contributed by atoms with Crippen LogP contribution in [-0.2, 0) is 16.0 Å². The number of nitrogens with one attached hydrogen (secondary N) is 1. The summed E-state index contributed by atoms with van der Waals surface area (Å²) in [5.41, 5.74) is 1.84. The van der Waals surface area contributed by atoms with Gasteiger partial charge in [-0.25, -0.2) is 0 Å². The van der Waals surface area contributed by atoms with E-state index in [2.05, 4.69) is 5.32 Å². The average molecular weight is 332 g/mol. The number of carbonyl (C=O) groups excluding carboxylic acids is 2. The van der Waals surface area contributed by atoms with Gasteiger partial charge in [-0.3, -0.25) is 9.59 Å². The van der Waals surface area contributed by atoms with Crippen LogP contribution in [0.5, 0.6) is 0 Å². The van der Waals surface area contributed by atoms with E-state index in [1.54, 1.807) is 17.0 Å². The standard InChI is InChI=1S/C18H18F2N2O2/c1-2-22(15-6-4-3-5-7-15)16(23)12-13-8-10-14(11-9-13)21-18(24)17(19)20/h3-11,17H,2,12H2,1H3,(H,21,24). The molecule has 0 unspecified atom stereocenters. The number of benzene rings is 2. The summed E-state index contributed by atoms with van der Waals surface area (Å²) in [5, 5.41) is 2.10. The van der Waals surface area contributed by atoms with Crippen molar-refractivity contribution in [3.63, 3.8) is 0 Å². The predicted octanol–water partition coefficient (Wildman–Crippen LogP) is 3.49. The lowest BCUT2D eigenvalue weighted by Crippen LogP contribution is -2.31. The van der Waals surface area contributed by atoms with E-state index in [4.69, 9.17) is 0 Å². The predicted molar refractivity (Wildman–Crippen MR) is 89.2 cm³/mol. The van der Waals surface area contributed by atoms with Gasteiger partial charge in [0.15, 0.2) is 0 Å². The van der Waals surface area contributed by atoms with Crippen LogP contribution in [0, 0.1) is 0 Å². The van der Waals surface area contributed by atoms with Crippen LogP contribution >= 0.6 is 0 Å². The monoisotopic (exact) mass is 332 g/mol. The summed E-state index contributed by atoms with van der Waals surface area (Å²) in [5.74, 6) is -1.41. The third-order valence-corrected chi connectivity index (χ3v) is 3.46. The number of rotatable bonds is 6. The van der Waals surface area contributed by atoms with Gasteiger partial charge >= 0.3 is 6.43 Å². The van der Waals surface area contributed by atoms with Crippen LogP contribution in [0.1, 0.15) is 12.5 Å². The Morgan fingerprint density at radius 2 is 1.67 bits per heavy atom. The van der Waals surface area contributed by atoms with Gasteiger partial charge in [0.05, 0.1) is 6.42 Å². The summed E-state index contributed by atoms with van der Waals surface area (Å²) in [4.78, 5) is 25.1. The largest absolute Gasteiger partial charge is 0.321 e. The average Bonchev–Trinajstić information content (AvgIpc) is 2.58. The maximum Gasteiger partial charge on any atom is 0.315 e. The van der Waals surface area contributed by atoms with E-state index < -0.39 is 12.3 Å². The molecule has 0 aliphatic carbocycles. The van der Waals surface area contributed by atoms with Gasteiger partial charge in [0.1, 0.15) is 0 Å². The lowest BCUT2D eigenvalue weighted by atomic mass is 10.1. The summed E-state index contributed by atoms with van der Waals surface area (Å²) in [7, 11) is 0. The molecule has 0 heterocycles. The third kappa shape index (κ3) is 4.62. The second-order valence-corrected chi connectivity index (χ2v) is 5.14. The highest BCUT2D eigenvalue weighted by Crippen LogP contribution is 2.16. The van der Waals surface area contributed by atoms with E-state index in [1.165, 1.54) is 12.1 Å². The van der Waals surface area contributed by atoms with E-state index in [-0.39, 0.29) is 18.0 Å². The molecule has 2 aromatic carbocycles. The molecule has 0 aliphatic rings. The first-order chi connectivity index (χ1) is 11.5. The Morgan fingerprint density at radius 1 is 1.04 bits per heavy atom. The van der Waals surface area contributed by atoms with Crippen LogP contribution in [0.15, 0.2) is 54.6 Å². The number of para-hydroxylation sites is 1. The lowest BCUT2D eigenvalue weighted by molar-refractivity contribution is -0.126. The van der Waals surface area contributed by atoms with Crippen molar-refractivity contribution in [2.45, 2.75) is 19.8 Å². The molecule has 0 spiro atoms. The number of nitrogens with zero attached hydrogens (tertiary/aromatic N) is 1. The van der Waals surface area contributed by atoms with E-state index in [9.17, 15) is 18.4 Å². The Morgan fingerprint density at radius 3 is 2.21 bits per heavy atom. The van der Waals surface area contributed by atoms with Crippen molar-refractivity contribution in [2.24, 2.45) is 0 Å². The number of alkyl halides is 2. The Balaban J connectivity index is 2.02. The molecule has 0 saturated carbocycles. The zero-order valence-corrected chi connectivity index (χ0v) is 13.2. The highest BCUT2D eigenvalue weighted by molar-refractivity contribution is 5.95. The number of amides is 2. The molecule has 6 heteroatoms. The number of hydrogen-bond donors (Lipinski definition) is 1. The van der Waals surface area contributed by atoms with Gasteiger partial charge in [0, 0.05) is 17.9 Å². The minimum absolute atomic E-state index is 0.0620. The normalized spacial score (nSPS) is 10.5. The first-order valence-electron chi connectivity index (χ1n) is 7.54. The molecule has 1 N–H and O–H groups in total. The minimum atomic E-state index is -3.06. The number of likely N-dealkylation sites (N-methyl/N-ethyl adjacent to an activating group) is 1. The van der Waals surface area contributed by atoms with Crippen LogP contribution in [-0.4, -0.2) is 24.8 Å². The van der Waals surface area contributed by atoms with Crippen molar-refractivity contribution in [3.05, 3.63) is 60.2 Å². The fourth-order valence-electron chi connectivity index (χ4n) is 2.28. The highest BCUT2D eigenvalue weighted by Gasteiger charge is 2.16. The smallest absolute Gasteiger partial charge is 0.315 e. The summed E-state index contributed by atoms with van der Waals surface area (Å²) in [6, 6.07) is 15.6. The van der Waals surface area contributed by atoms with Gasteiger partial charge in [-0.05, 0) is 36.8 Å². The van der Waals surface area contributed by atoms with Crippen molar-refractivity contribution in [1.82, 2.24) is 0 Å². The topological polar surface area (TPSA) is 49.4 Å². The van der Waals surface area contributed by atoms with Crippen LogP contribution in [0.25, 0.3) is 0 Å². The molecule has 4 nitrogen and oxygen atoms in total. The van der Waals surface area contributed by atoms with Crippen LogP contribution in [0.3, 0.4) is 0 Å². The van der Waals surface area contributed by atoms with E-state index >= 15 is 0 Å². The molecule has 0 aromatic heterocycles. The number of hydrogen-bond acceptors (Lipinski definition) is 2. The lowest BCUT2D eigenvalue weighted by Gasteiger charge is -2.21. The first kappa shape index (κ1) is 17.6. The fourth-order valence-corrected chi connectivity index (χ4v) is 2.28. The second kappa shape index (κ2) is 8.19. The van der Waals surface area contributed by atoms with Crippen molar-refractivity contribution in [1.29, 1.82) is 0 Å². The fraction of sp³-hybridized carbons (Fsp3) is 0.222. The van der Waals surface area contributed by atoms with Gasteiger partial charge < -0.3 is 10.2 Å². The molecule has 0 saturated heterocycles. The molecule has 24 heavy (non-hydrogen) atoms. The second-order valence-electron chi connectivity index (χ2n) is 5.14. The van der Waals surface area contributed by atoms with Crippen LogP contribution < -0.4 is 10.2 Å². The molecular weight excluding hydrogens is 314 g/mol. The molecule has 2 amide bonds. The van der Waals surface area contributed by atoms with E-state index in [0.29, 0.717) is 6.54 Å². The van der Waals surface area contributed by atoms with Gasteiger partial charge in [0.2, 0.25) is 5.91 Å². The van der Waals surface area contributed by atoms with Crippen molar-refractivity contribution in [3.8, 4) is 0 Å². The molecule has 0 atom stereocenters. The van der Waals surface area contributed by atoms with Gasteiger partial charge in [-0.1, -0.05) is 30.3 Å². The minimum Gasteiger partial charge on any atom is -0.321 e. The van der Waals surface area contributed by atoms with Crippen LogP contribution in [0.4, 0.5) is 20.2 Å². The third-order valence-electron chi connectivity index (χ3n) is 3.46. The van der Waals surface area contributed by atoms with Crippen molar-refractivity contribution >= 4 is 23.2 Å². The highest BCUT2D eigenvalue weighted by atomic mass is 19.3. The Hall–Kier alpha value is -2.76. The van der Waals surface area contributed by atoms with E-state index in [1.807, 2.05) is 37.3 Å². The SMILES string of the molecule is CCN(C(=O)Cc1ccc(NC(=O)C(F)F)cc1)c1ccccc1. The molecular formula is C18H18F2N2O2. The molecule has 126 valence electrons. The Labute approximate surface area is 139 Å². The molecule has 0 aliphatic heterocycles. The van der Waals surface area contributed by atoms with Crippen molar-refractivity contribution < 1.29 is 18.4 Å². The van der Waals surface area contributed by atoms with Crippen LogP contribution in [0.2, 0.25) is 0 Å². The van der Waals surface area contributed by atoms with E-state index in [0.717, 1.165) is 11.3 Å². The van der Waals surface area contributed by atoms with Gasteiger partial charge in [0.25, 0.3) is 5.91 Å². The quantitative estimate of drug-likeness (QED) is 0.880. The molecule has 2 aromatic rings. The summed E-state index contributed by atoms with van der Waals surface area (Å²) in [6.45, 7) is 2.44. The van der Waals surface area contributed by atoms with Gasteiger partial charge in [-0.15, -0.1) is 0 Å². The molecule has 0 fully saturated rings. The maximum absolute atomic E-state index is 12.5. The summed E-state index contributed by atoms with van der Waals surface area (Å²) < 4.78 is 24.4. The molecule has 0 radical (unpaired) electrons. The first-order valence-corrected chi connectivity index (χ1v) is 7.54. The summed E-state index contributed by atoms with van der Waals surface area (Å²) in [6.07, 6.45) is -2.87. The zero-order valence-electron chi connectivity index (χ0n) is 13.2. The number of halogens is 2. The molecule has 0 bridgehead atoms. The van der Waals surface area contributed by atoms with Crippen molar-refractivity contribution in [2.75, 3.05) is 16.8 Å². The number of anilines is 2. The van der Waals surface area contributed by atoms with Gasteiger partial charge in [-0.2, -0.15) is 8.78 Å². The molecule has 2 rings (SSSR count). The Bertz CT molecular complexity index is 688. The Kier molecular flexibility index (Phi) is 6.01. The zero-order chi connectivity index (χ0) is 17.5. The maximum atomic E-state index is 12.5. The summed E-state index contributed by atoms with van der Waals surface area (Å²) >= 11 is 0.